The third-order valence-corrected chi connectivity index (χ3v) is 5.55. The quantitative estimate of drug-likeness (QED) is 0.610. The highest BCUT2D eigenvalue weighted by Crippen LogP contribution is 2.26. The lowest BCUT2D eigenvalue weighted by Gasteiger charge is -2.22. The number of hydrogen-bond donors (Lipinski definition) is 2. The second-order valence-corrected chi connectivity index (χ2v) is 7.28. The molecule has 7 nitrogen and oxygen atoms in total. The highest BCUT2D eigenvalue weighted by molar-refractivity contribution is 7.89. The van der Waals surface area contributed by atoms with E-state index in [1.165, 1.54) is 12.1 Å². The van der Waals surface area contributed by atoms with Gasteiger partial charge >= 0.3 is 0 Å². The first kappa shape index (κ1) is 16.9. The molecule has 1 aromatic rings. The summed E-state index contributed by atoms with van der Waals surface area (Å²) in [6.07, 6.45) is 2.91. The van der Waals surface area contributed by atoms with Crippen LogP contribution in [0.15, 0.2) is 23.1 Å². The molecule has 0 aromatic heterocycles. The van der Waals surface area contributed by atoms with Crippen LogP contribution in [-0.2, 0) is 10.0 Å². The zero-order chi connectivity index (χ0) is 16.2. The minimum absolute atomic E-state index is 0.234. The van der Waals surface area contributed by atoms with Crippen molar-refractivity contribution in [1.82, 2.24) is 10.0 Å². The van der Waals surface area contributed by atoms with Gasteiger partial charge in [0.1, 0.15) is 0 Å². The van der Waals surface area contributed by atoms with Crippen LogP contribution >= 0.6 is 0 Å². The van der Waals surface area contributed by atoms with Gasteiger partial charge < -0.3 is 5.32 Å². The molecule has 1 atom stereocenters. The maximum absolute atomic E-state index is 12.4. The van der Waals surface area contributed by atoms with Crippen molar-refractivity contribution in [3.05, 3.63) is 33.9 Å². The fourth-order valence-electron chi connectivity index (χ4n) is 2.77. The Morgan fingerprint density at radius 3 is 2.86 bits per heavy atom. The summed E-state index contributed by atoms with van der Waals surface area (Å²) in [6, 6.07) is 4.26. The lowest BCUT2D eigenvalue weighted by atomic mass is 9.96. The summed E-state index contributed by atoms with van der Waals surface area (Å²) in [5, 5.41) is 14.3. The molecule has 0 saturated carbocycles. The Morgan fingerprint density at radius 1 is 1.45 bits per heavy atom. The number of nitro groups is 1. The molecule has 22 heavy (non-hydrogen) atoms. The van der Waals surface area contributed by atoms with E-state index < -0.39 is 14.9 Å². The van der Waals surface area contributed by atoms with Crippen LogP contribution in [0.25, 0.3) is 0 Å². The van der Waals surface area contributed by atoms with E-state index in [-0.39, 0.29) is 10.6 Å². The predicted molar refractivity (Wildman–Crippen MR) is 83.2 cm³/mol. The summed E-state index contributed by atoms with van der Waals surface area (Å²) >= 11 is 0. The second-order valence-electron chi connectivity index (χ2n) is 5.58. The molecule has 1 aliphatic heterocycles. The summed E-state index contributed by atoms with van der Waals surface area (Å²) in [4.78, 5) is 10.2. The third kappa shape index (κ3) is 4.02. The summed E-state index contributed by atoms with van der Waals surface area (Å²) < 4.78 is 27.3. The van der Waals surface area contributed by atoms with Crippen molar-refractivity contribution >= 4 is 15.7 Å². The molecule has 1 aliphatic rings. The Bertz CT molecular complexity index is 639. The van der Waals surface area contributed by atoms with Crippen molar-refractivity contribution < 1.29 is 13.3 Å². The van der Waals surface area contributed by atoms with Gasteiger partial charge in [0.05, 0.1) is 4.92 Å². The van der Waals surface area contributed by atoms with Crippen molar-refractivity contribution in [3.63, 3.8) is 0 Å². The zero-order valence-electron chi connectivity index (χ0n) is 12.5. The molecule has 1 fully saturated rings. The molecule has 1 unspecified atom stereocenters. The van der Waals surface area contributed by atoms with E-state index in [4.69, 9.17) is 0 Å². The number of rotatable bonds is 6. The molecule has 122 valence electrons. The van der Waals surface area contributed by atoms with E-state index in [0.29, 0.717) is 18.0 Å². The Hall–Kier alpha value is -1.51. The minimum Gasteiger partial charge on any atom is -0.316 e. The molecule has 1 saturated heterocycles. The van der Waals surface area contributed by atoms with Crippen molar-refractivity contribution in [3.8, 4) is 0 Å². The average Bonchev–Trinajstić information content (AvgIpc) is 2.47. The molecular formula is C14H21N3O4S. The average molecular weight is 327 g/mol. The van der Waals surface area contributed by atoms with E-state index in [1.54, 1.807) is 13.0 Å². The number of piperidine rings is 1. The number of hydrogen-bond acceptors (Lipinski definition) is 5. The van der Waals surface area contributed by atoms with E-state index in [1.807, 2.05) is 0 Å². The SMILES string of the molecule is Cc1cccc([N+](=O)[O-])c1S(=O)(=O)NCCC1CCCNC1. The molecule has 0 amide bonds. The van der Waals surface area contributed by atoms with Crippen molar-refractivity contribution in [2.24, 2.45) is 5.92 Å². The molecule has 2 N–H and O–H groups in total. The monoisotopic (exact) mass is 327 g/mol. The lowest BCUT2D eigenvalue weighted by Crippen LogP contribution is -2.33. The summed E-state index contributed by atoms with van der Waals surface area (Å²) in [5.41, 5.74) is -0.00661. The predicted octanol–water partition coefficient (Wildman–Crippen LogP) is 1.57. The Balaban J connectivity index is 2.08. The van der Waals surface area contributed by atoms with Crippen LogP contribution in [0.2, 0.25) is 0 Å². The number of nitrogens with one attached hydrogen (secondary N) is 2. The fraction of sp³-hybridized carbons (Fsp3) is 0.571. The van der Waals surface area contributed by atoms with Gasteiger partial charge in [0.25, 0.3) is 5.69 Å². The van der Waals surface area contributed by atoms with Gasteiger partial charge in [-0.25, -0.2) is 13.1 Å². The van der Waals surface area contributed by atoms with Crippen molar-refractivity contribution in [1.29, 1.82) is 0 Å². The standard InChI is InChI=1S/C14H21N3O4S/c1-11-4-2-6-13(17(18)19)14(11)22(20,21)16-9-7-12-5-3-8-15-10-12/h2,4,6,12,15-16H,3,5,7-10H2,1H3. The van der Waals surface area contributed by atoms with Gasteiger partial charge in [-0.2, -0.15) is 0 Å². The molecule has 0 aliphatic carbocycles. The smallest absolute Gasteiger partial charge is 0.289 e. The molecule has 1 heterocycles. The normalized spacial score (nSPS) is 19.0. The molecule has 8 heteroatoms. The molecule has 0 radical (unpaired) electrons. The Morgan fingerprint density at radius 2 is 2.23 bits per heavy atom. The Labute approximate surface area is 130 Å². The topological polar surface area (TPSA) is 101 Å². The number of sulfonamides is 1. The van der Waals surface area contributed by atoms with Gasteiger partial charge in [0.2, 0.25) is 10.0 Å². The summed E-state index contributed by atoms with van der Waals surface area (Å²) in [7, 11) is -3.88. The highest BCUT2D eigenvalue weighted by Gasteiger charge is 2.27. The van der Waals surface area contributed by atoms with Crippen molar-refractivity contribution in [2.45, 2.75) is 31.1 Å². The van der Waals surface area contributed by atoms with E-state index in [2.05, 4.69) is 10.0 Å². The zero-order valence-corrected chi connectivity index (χ0v) is 13.4. The van der Waals surface area contributed by atoms with E-state index in [9.17, 15) is 18.5 Å². The van der Waals surface area contributed by atoms with Crippen LogP contribution in [0.3, 0.4) is 0 Å². The highest BCUT2D eigenvalue weighted by atomic mass is 32.2. The second kappa shape index (κ2) is 7.17. The van der Waals surface area contributed by atoms with E-state index in [0.717, 1.165) is 32.4 Å². The first-order chi connectivity index (χ1) is 10.4. The van der Waals surface area contributed by atoms with Gasteiger partial charge in [-0.1, -0.05) is 12.1 Å². The summed E-state index contributed by atoms with van der Waals surface area (Å²) in [6.45, 7) is 3.76. The first-order valence-corrected chi connectivity index (χ1v) is 8.84. The molecule has 0 spiro atoms. The van der Waals surface area contributed by atoms with Crippen molar-refractivity contribution in [2.75, 3.05) is 19.6 Å². The number of aryl methyl sites for hydroxylation is 1. The van der Waals surface area contributed by atoms with Gasteiger partial charge in [-0.15, -0.1) is 0 Å². The van der Waals surface area contributed by atoms with Gasteiger partial charge in [0.15, 0.2) is 4.90 Å². The van der Waals surface area contributed by atoms with Crippen LogP contribution in [-0.4, -0.2) is 33.0 Å². The first-order valence-electron chi connectivity index (χ1n) is 7.36. The Kier molecular flexibility index (Phi) is 5.49. The largest absolute Gasteiger partial charge is 0.316 e. The van der Waals surface area contributed by atoms with Crippen LogP contribution in [0.4, 0.5) is 5.69 Å². The summed E-state index contributed by atoms with van der Waals surface area (Å²) in [5.74, 6) is 0.448. The van der Waals surface area contributed by atoms with Crippen LogP contribution in [0.1, 0.15) is 24.8 Å². The fourth-order valence-corrected chi connectivity index (χ4v) is 4.21. The molecule has 2 rings (SSSR count). The lowest BCUT2D eigenvalue weighted by molar-refractivity contribution is -0.387. The molecule has 0 bridgehead atoms. The molecule has 1 aromatic carbocycles. The third-order valence-electron chi connectivity index (χ3n) is 3.90. The minimum atomic E-state index is -3.88. The van der Waals surface area contributed by atoms with Crippen LogP contribution in [0, 0.1) is 23.0 Å². The van der Waals surface area contributed by atoms with Crippen LogP contribution < -0.4 is 10.0 Å². The maximum atomic E-state index is 12.4. The maximum Gasteiger partial charge on any atom is 0.289 e. The van der Waals surface area contributed by atoms with E-state index >= 15 is 0 Å². The number of benzene rings is 1. The number of nitro benzene ring substituents is 1. The number of nitrogens with zero attached hydrogens (tertiary/aromatic N) is 1. The van der Waals surface area contributed by atoms with Gasteiger partial charge in [-0.3, -0.25) is 10.1 Å². The van der Waals surface area contributed by atoms with Gasteiger partial charge in [0, 0.05) is 12.6 Å². The van der Waals surface area contributed by atoms with Gasteiger partial charge in [-0.05, 0) is 50.8 Å². The molecular weight excluding hydrogens is 306 g/mol. The van der Waals surface area contributed by atoms with Crippen LogP contribution in [0.5, 0.6) is 0 Å².